The Morgan fingerprint density at radius 2 is 1.94 bits per heavy atom. The quantitative estimate of drug-likeness (QED) is 0.900. The summed E-state index contributed by atoms with van der Waals surface area (Å²) < 4.78 is 0. The van der Waals surface area contributed by atoms with Crippen LogP contribution in [0.2, 0.25) is 10.0 Å². The second kappa shape index (κ2) is 5.71. The summed E-state index contributed by atoms with van der Waals surface area (Å²) >= 11 is 13.5. The van der Waals surface area contributed by atoms with E-state index in [0.29, 0.717) is 10.0 Å². The summed E-state index contributed by atoms with van der Waals surface area (Å²) in [6.45, 7) is 2.88. The van der Waals surface area contributed by atoms with E-state index < -0.39 is 0 Å². The van der Waals surface area contributed by atoms with Crippen LogP contribution in [0.5, 0.6) is 0 Å². The van der Waals surface area contributed by atoms with Crippen molar-refractivity contribution < 1.29 is 0 Å². The van der Waals surface area contributed by atoms with E-state index in [9.17, 15) is 0 Å². The third-order valence-corrected chi connectivity index (χ3v) is 3.82. The summed E-state index contributed by atoms with van der Waals surface area (Å²) in [5.74, 6) is 0. The van der Waals surface area contributed by atoms with Gasteiger partial charge in [0.15, 0.2) is 0 Å². The van der Waals surface area contributed by atoms with E-state index in [1.54, 1.807) is 17.4 Å². The third-order valence-electron chi connectivity index (χ3n) is 2.39. The maximum atomic E-state index is 5.92. The largest absolute Gasteiger partial charge is 0.385 e. The van der Waals surface area contributed by atoms with Crippen molar-refractivity contribution in [2.24, 2.45) is 0 Å². The first-order valence-corrected chi connectivity index (χ1v) is 6.87. The van der Waals surface area contributed by atoms with Gasteiger partial charge in [-0.1, -0.05) is 23.2 Å². The second-order valence-electron chi connectivity index (χ2n) is 3.70. The zero-order valence-corrected chi connectivity index (χ0v) is 11.7. The standard InChI is InChI=1S/C12H12Cl2N2S/c1-8-12(17-7-16-8)2-3-15-11-5-9(13)4-10(14)6-11/h4-7,15H,2-3H2,1H3. The Labute approximate surface area is 115 Å². The molecule has 0 aliphatic carbocycles. The number of benzene rings is 1. The highest BCUT2D eigenvalue weighted by molar-refractivity contribution is 7.09. The molecule has 0 fully saturated rings. The van der Waals surface area contributed by atoms with Crippen LogP contribution in [-0.4, -0.2) is 11.5 Å². The van der Waals surface area contributed by atoms with Gasteiger partial charge >= 0.3 is 0 Å². The van der Waals surface area contributed by atoms with Gasteiger partial charge in [-0.25, -0.2) is 4.98 Å². The lowest BCUT2D eigenvalue weighted by Crippen LogP contribution is -2.04. The number of halogens is 2. The van der Waals surface area contributed by atoms with E-state index in [-0.39, 0.29) is 0 Å². The summed E-state index contributed by atoms with van der Waals surface area (Å²) in [6, 6.07) is 5.46. The molecule has 0 amide bonds. The van der Waals surface area contributed by atoms with Crippen LogP contribution in [0.3, 0.4) is 0 Å². The fourth-order valence-corrected chi connectivity index (χ4v) is 2.85. The van der Waals surface area contributed by atoms with Gasteiger partial charge in [0.25, 0.3) is 0 Å². The molecular formula is C12H12Cl2N2S. The molecule has 1 heterocycles. The molecule has 1 N–H and O–H groups in total. The molecule has 2 rings (SSSR count). The average Bonchev–Trinajstić information content (AvgIpc) is 2.63. The van der Waals surface area contributed by atoms with Crippen molar-refractivity contribution in [1.82, 2.24) is 4.98 Å². The first-order chi connectivity index (χ1) is 8.15. The van der Waals surface area contributed by atoms with Gasteiger partial charge < -0.3 is 5.32 Å². The predicted molar refractivity (Wildman–Crippen MR) is 75.5 cm³/mol. The van der Waals surface area contributed by atoms with E-state index in [2.05, 4.69) is 10.3 Å². The van der Waals surface area contributed by atoms with Crippen LogP contribution in [0.1, 0.15) is 10.6 Å². The number of hydrogen-bond acceptors (Lipinski definition) is 3. The minimum Gasteiger partial charge on any atom is -0.385 e. The van der Waals surface area contributed by atoms with Crippen molar-refractivity contribution >= 4 is 40.2 Å². The van der Waals surface area contributed by atoms with E-state index in [1.807, 2.05) is 24.6 Å². The van der Waals surface area contributed by atoms with Crippen molar-refractivity contribution in [3.8, 4) is 0 Å². The van der Waals surface area contributed by atoms with Crippen LogP contribution in [0.4, 0.5) is 5.69 Å². The van der Waals surface area contributed by atoms with Crippen molar-refractivity contribution in [1.29, 1.82) is 0 Å². The Morgan fingerprint density at radius 1 is 1.24 bits per heavy atom. The smallest absolute Gasteiger partial charge is 0.0797 e. The fraction of sp³-hybridized carbons (Fsp3) is 0.250. The number of nitrogens with zero attached hydrogens (tertiary/aromatic N) is 1. The normalized spacial score (nSPS) is 10.5. The number of hydrogen-bond donors (Lipinski definition) is 1. The molecule has 2 aromatic rings. The molecule has 0 bridgehead atoms. The summed E-state index contributed by atoms with van der Waals surface area (Å²) in [4.78, 5) is 5.53. The molecule has 0 aliphatic heterocycles. The van der Waals surface area contributed by atoms with Crippen LogP contribution >= 0.6 is 34.5 Å². The van der Waals surface area contributed by atoms with Crippen LogP contribution in [0, 0.1) is 6.92 Å². The summed E-state index contributed by atoms with van der Waals surface area (Å²) in [7, 11) is 0. The maximum absolute atomic E-state index is 5.92. The molecule has 5 heteroatoms. The van der Waals surface area contributed by atoms with Gasteiger partial charge in [0, 0.05) is 33.6 Å². The Hall–Kier alpha value is -0.770. The fourth-order valence-electron chi connectivity index (χ4n) is 1.54. The second-order valence-corrected chi connectivity index (χ2v) is 5.51. The molecule has 2 nitrogen and oxygen atoms in total. The maximum Gasteiger partial charge on any atom is 0.0797 e. The minimum absolute atomic E-state index is 0.647. The van der Waals surface area contributed by atoms with Crippen molar-refractivity contribution in [3.05, 3.63) is 44.3 Å². The average molecular weight is 287 g/mol. The lowest BCUT2D eigenvalue weighted by molar-refractivity contribution is 1.02. The minimum atomic E-state index is 0.647. The Kier molecular flexibility index (Phi) is 4.26. The van der Waals surface area contributed by atoms with Crippen LogP contribution in [0.25, 0.3) is 0 Å². The van der Waals surface area contributed by atoms with E-state index >= 15 is 0 Å². The molecular weight excluding hydrogens is 275 g/mol. The number of aromatic nitrogens is 1. The molecule has 0 unspecified atom stereocenters. The molecule has 17 heavy (non-hydrogen) atoms. The number of aryl methyl sites for hydroxylation is 1. The van der Waals surface area contributed by atoms with E-state index in [4.69, 9.17) is 23.2 Å². The highest BCUT2D eigenvalue weighted by Gasteiger charge is 2.01. The molecule has 0 atom stereocenters. The van der Waals surface area contributed by atoms with Crippen molar-refractivity contribution in [2.45, 2.75) is 13.3 Å². The first-order valence-electron chi connectivity index (χ1n) is 5.24. The number of thiazole rings is 1. The van der Waals surface area contributed by atoms with Crippen molar-refractivity contribution in [2.75, 3.05) is 11.9 Å². The van der Waals surface area contributed by atoms with Gasteiger partial charge in [0.2, 0.25) is 0 Å². The number of nitrogens with one attached hydrogen (secondary N) is 1. The summed E-state index contributed by atoms with van der Waals surface area (Å²) in [5.41, 5.74) is 3.94. The van der Waals surface area contributed by atoms with Crippen LogP contribution < -0.4 is 5.32 Å². The molecule has 0 spiro atoms. The highest BCUT2D eigenvalue weighted by atomic mass is 35.5. The molecule has 0 saturated carbocycles. The van der Waals surface area contributed by atoms with Crippen LogP contribution in [-0.2, 0) is 6.42 Å². The van der Waals surface area contributed by atoms with E-state index in [1.165, 1.54) is 4.88 Å². The molecule has 0 radical (unpaired) electrons. The molecule has 0 aliphatic rings. The topological polar surface area (TPSA) is 24.9 Å². The van der Waals surface area contributed by atoms with Gasteiger partial charge in [0.05, 0.1) is 11.2 Å². The highest BCUT2D eigenvalue weighted by Crippen LogP contribution is 2.22. The molecule has 90 valence electrons. The van der Waals surface area contributed by atoms with Crippen LogP contribution in [0.15, 0.2) is 23.7 Å². The molecule has 1 aromatic heterocycles. The van der Waals surface area contributed by atoms with Crippen molar-refractivity contribution in [3.63, 3.8) is 0 Å². The van der Waals surface area contributed by atoms with Gasteiger partial charge in [-0.3, -0.25) is 0 Å². The van der Waals surface area contributed by atoms with Gasteiger partial charge in [-0.05, 0) is 25.1 Å². The van der Waals surface area contributed by atoms with E-state index in [0.717, 1.165) is 24.3 Å². The third kappa shape index (κ3) is 3.60. The molecule has 1 aromatic carbocycles. The summed E-state index contributed by atoms with van der Waals surface area (Å²) in [5, 5.41) is 4.60. The number of rotatable bonds is 4. The monoisotopic (exact) mass is 286 g/mol. The van der Waals surface area contributed by atoms with Gasteiger partial charge in [0.1, 0.15) is 0 Å². The number of anilines is 1. The predicted octanol–water partition coefficient (Wildman–Crippen LogP) is 4.41. The Bertz CT molecular complexity index is 491. The Morgan fingerprint density at radius 3 is 2.53 bits per heavy atom. The summed E-state index contributed by atoms with van der Waals surface area (Å²) in [6.07, 6.45) is 0.959. The zero-order valence-electron chi connectivity index (χ0n) is 9.34. The van der Waals surface area contributed by atoms with Gasteiger partial charge in [-0.15, -0.1) is 11.3 Å². The zero-order chi connectivity index (χ0) is 12.3. The van der Waals surface area contributed by atoms with Gasteiger partial charge in [-0.2, -0.15) is 0 Å². The lowest BCUT2D eigenvalue weighted by atomic mass is 10.3. The SMILES string of the molecule is Cc1ncsc1CCNc1cc(Cl)cc(Cl)c1. The lowest BCUT2D eigenvalue weighted by Gasteiger charge is -2.06. The first kappa shape index (κ1) is 12.7. The molecule has 0 saturated heterocycles. The Balaban J connectivity index is 1.92.